The van der Waals surface area contributed by atoms with Gasteiger partial charge in [-0.2, -0.15) is 0 Å². The minimum Gasteiger partial charge on any atom is -0.478 e. The van der Waals surface area contributed by atoms with E-state index in [4.69, 9.17) is 10.2 Å². The SMILES string of the molecule is O=C(O)c1ccnc(-c2ccc(NCCO)c([N+](=O)[O-])c2[N+](=O)[O-])c1. The molecule has 0 saturated carbocycles. The van der Waals surface area contributed by atoms with Gasteiger partial charge in [0.05, 0.1) is 33.3 Å². The van der Waals surface area contributed by atoms with Gasteiger partial charge in [-0.25, -0.2) is 4.79 Å². The fraction of sp³-hybridized carbons (Fsp3) is 0.143. The third-order valence-electron chi connectivity index (χ3n) is 3.23. The van der Waals surface area contributed by atoms with Crippen LogP contribution in [0.5, 0.6) is 0 Å². The van der Waals surface area contributed by atoms with E-state index in [-0.39, 0.29) is 35.7 Å². The molecular weight excluding hydrogens is 336 g/mol. The number of carbonyl (C=O) groups is 1. The quantitative estimate of drug-likeness (QED) is 0.497. The second kappa shape index (κ2) is 7.31. The number of anilines is 1. The summed E-state index contributed by atoms with van der Waals surface area (Å²) in [6.07, 6.45) is 1.15. The number of nitrogens with zero attached hydrogens (tertiary/aromatic N) is 3. The zero-order valence-electron chi connectivity index (χ0n) is 12.6. The van der Waals surface area contributed by atoms with Crippen molar-refractivity contribution in [1.82, 2.24) is 4.98 Å². The van der Waals surface area contributed by atoms with E-state index in [2.05, 4.69) is 10.3 Å². The summed E-state index contributed by atoms with van der Waals surface area (Å²) in [4.78, 5) is 35.9. The molecule has 0 radical (unpaired) electrons. The molecule has 25 heavy (non-hydrogen) atoms. The van der Waals surface area contributed by atoms with Crippen molar-refractivity contribution >= 4 is 23.0 Å². The molecule has 0 fully saturated rings. The molecule has 130 valence electrons. The largest absolute Gasteiger partial charge is 0.478 e. The summed E-state index contributed by atoms with van der Waals surface area (Å²) in [5.41, 5.74) is -2.17. The van der Waals surface area contributed by atoms with E-state index in [0.717, 1.165) is 12.3 Å². The Bertz CT molecular complexity index is 853. The standard InChI is InChI=1S/C14H12N4O7/c19-6-5-16-10-2-1-9(12(17(22)23)13(10)18(24)25)11-7-8(14(20)21)3-4-15-11/h1-4,7,16,19H,5-6H2,(H,20,21). The molecule has 2 aromatic rings. The van der Waals surface area contributed by atoms with Crippen LogP contribution in [0.4, 0.5) is 17.1 Å². The average molecular weight is 348 g/mol. The molecule has 0 aliphatic heterocycles. The molecule has 0 aliphatic carbocycles. The van der Waals surface area contributed by atoms with Crippen molar-refractivity contribution in [2.24, 2.45) is 0 Å². The van der Waals surface area contributed by atoms with Crippen molar-refractivity contribution < 1.29 is 24.9 Å². The van der Waals surface area contributed by atoms with Crippen LogP contribution in [0.3, 0.4) is 0 Å². The third-order valence-corrected chi connectivity index (χ3v) is 3.23. The summed E-state index contributed by atoms with van der Waals surface area (Å²) in [6, 6.07) is 4.77. The van der Waals surface area contributed by atoms with Crippen LogP contribution in [0.25, 0.3) is 11.3 Å². The Morgan fingerprint density at radius 2 is 1.84 bits per heavy atom. The van der Waals surface area contributed by atoms with Crippen LogP contribution in [0.2, 0.25) is 0 Å². The number of pyridine rings is 1. The predicted molar refractivity (Wildman–Crippen MR) is 85.5 cm³/mol. The molecule has 3 N–H and O–H groups in total. The first-order valence-corrected chi connectivity index (χ1v) is 6.87. The lowest BCUT2D eigenvalue weighted by atomic mass is 10.0. The topological polar surface area (TPSA) is 169 Å². The first kappa shape index (κ1) is 17.7. The van der Waals surface area contributed by atoms with Crippen LogP contribution in [0, 0.1) is 20.2 Å². The van der Waals surface area contributed by atoms with Gasteiger partial charge in [0, 0.05) is 12.7 Å². The maximum Gasteiger partial charge on any atom is 0.369 e. The number of benzene rings is 1. The summed E-state index contributed by atoms with van der Waals surface area (Å²) in [5.74, 6) is -1.26. The minimum atomic E-state index is -1.26. The molecule has 0 spiro atoms. The van der Waals surface area contributed by atoms with Gasteiger partial charge in [-0.05, 0) is 24.3 Å². The van der Waals surface area contributed by atoms with E-state index >= 15 is 0 Å². The van der Waals surface area contributed by atoms with Crippen molar-refractivity contribution in [3.8, 4) is 11.3 Å². The molecule has 2 rings (SSSR count). The highest BCUT2D eigenvalue weighted by Gasteiger charge is 2.33. The second-order valence-corrected chi connectivity index (χ2v) is 4.76. The van der Waals surface area contributed by atoms with Gasteiger partial charge in [-0.3, -0.25) is 25.2 Å². The van der Waals surface area contributed by atoms with Gasteiger partial charge in [0.1, 0.15) is 5.69 Å². The number of aromatic nitrogens is 1. The predicted octanol–water partition coefficient (Wildman–Crippen LogP) is 1.67. The third kappa shape index (κ3) is 3.67. The van der Waals surface area contributed by atoms with Crippen LogP contribution >= 0.6 is 0 Å². The smallest absolute Gasteiger partial charge is 0.369 e. The highest BCUT2D eigenvalue weighted by atomic mass is 16.6. The molecule has 0 saturated heterocycles. The fourth-order valence-corrected chi connectivity index (χ4v) is 2.20. The van der Waals surface area contributed by atoms with Crippen LogP contribution in [0.1, 0.15) is 10.4 Å². The number of hydrogen-bond acceptors (Lipinski definition) is 8. The molecule has 11 heteroatoms. The molecule has 0 aliphatic rings. The first-order chi connectivity index (χ1) is 11.9. The lowest BCUT2D eigenvalue weighted by molar-refractivity contribution is -0.421. The van der Waals surface area contributed by atoms with Crippen molar-refractivity contribution in [2.45, 2.75) is 0 Å². The summed E-state index contributed by atoms with van der Waals surface area (Å²) in [7, 11) is 0. The number of carboxylic acid groups (broad SMARTS) is 1. The van der Waals surface area contributed by atoms with E-state index in [1.54, 1.807) is 0 Å². The Morgan fingerprint density at radius 1 is 1.16 bits per heavy atom. The zero-order chi connectivity index (χ0) is 18.6. The number of carboxylic acids is 1. The van der Waals surface area contributed by atoms with Crippen molar-refractivity contribution in [1.29, 1.82) is 0 Å². The van der Waals surface area contributed by atoms with Gasteiger partial charge in [0.25, 0.3) is 0 Å². The summed E-state index contributed by atoms with van der Waals surface area (Å²) < 4.78 is 0. The number of nitro groups is 2. The van der Waals surface area contributed by atoms with E-state index in [9.17, 15) is 25.0 Å². The Morgan fingerprint density at radius 3 is 2.40 bits per heavy atom. The summed E-state index contributed by atoms with van der Waals surface area (Å²) in [6.45, 7) is -0.362. The number of aliphatic hydroxyl groups is 1. The molecule has 1 heterocycles. The highest BCUT2D eigenvalue weighted by Crippen LogP contribution is 2.41. The number of aliphatic hydroxyl groups excluding tert-OH is 1. The van der Waals surface area contributed by atoms with Crippen molar-refractivity contribution in [3.05, 3.63) is 56.3 Å². The monoisotopic (exact) mass is 348 g/mol. The molecule has 0 amide bonds. The Labute approximate surface area is 139 Å². The Kier molecular flexibility index (Phi) is 5.19. The lowest BCUT2D eigenvalue weighted by Crippen LogP contribution is -2.09. The van der Waals surface area contributed by atoms with E-state index < -0.39 is 27.2 Å². The van der Waals surface area contributed by atoms with E-state index in [0.29, 0.717) is 0 Å². The molecule has 0 atom stereocenters. The normalized spacial score (nSPS) is 10.3. The van der Waals surface area contributed by atoms with Gasteiger partial charge in [-0.1, -0.05) is 0 Å². The summed E-state index contributed by atoms with van der Waals surface area (Å²) >= 11 is 0. The van der Waals surface area contributed by atoms with E-state index in [1.807, 2.05) is 0 Å². The number of rotatable bonds is 7. The van der Waals surface area contributed by atoms with Gasteiger partial charge in [-0.15, -0.1) is 0 Å². The van der Waals surface area contributed by atoms with Crippen LogP contribution in [-0.4, -0.2) is 44.2 Å². The maximum absolute atomic E-state index is 11.4. The van der Waals surface area contributed by atoms with Crippen molar-refractivity contribution in [3.63, 3.8) is 0 Å². The lowest BCUT2D eigenvalue weighted by Gasteiger charge is -2.09. The minimum absolute atomic E-state index is 0.0376. The molecular formula is C14H12N4O7. The first-order valence-electron chi connectivity index (χ1n) is 6.87. The Balaban J connectivity index is 2.72. The Hall–Kier alpha value is -3.60. The van der Waals surface area contributed by atoms with Crippen LogP contribution < -0.4 is 5.32 Å². The highest BCUT2D eigenvalue weighted by molar-refractivity contribution is 5.91. The van der Waals surface area contributed by atoms with Gasteiger partial charge >= 0.3 is 17.3 Å². The number of hydrogen-bond donors (Lipinski definition) is 3. The van der Waals surface area contributed by atoms with Crippen LogP contribution in [0.15, 0.2) is 30.5 Å². The second-order valence-electron chi connectivity index (χ2n) is 4.76. The molecule has 1 aromatic heterocycles. The zero-order valence-corrected chi connectivity index (χ0v) is 12.6. The molecule has 11 nitrogen and oxygen atoms in total. The summed E-state index contributed by atoms with van der Waals surface area (Å²) in [5, 5.41) is 43.2. The average Bonchev–Trinajstić information content (AvgIpc) is 2.58. The van der Waals surface area contributed by atoms with Gasteiger partial charge in [0.2, 0.25) is 0 Å². The van der Waals surface area contributed by atoms with Crippen molar-refractivity contribution in [2.75, 3.05) is 18.5 Å². The van der Waals surface area contributed by atoms with Gasteiger partial charge in [0.15, 0.2) is 0 Å². The van der Waals surface area contributed by atoms with E-state index in [1.165, 1.54) is 18.2 Å². The molecule has 1 aromatic carbocycles. The van der Waals surface area contributed by atoms with Crippen LogP contribution in [-0.2, 0) is 0 Å². The fourth-order valence-electron chi connectivity index (χ4n) is 2.20. The maximum atomic E-state index is 11.4. The molecule has 0 bridgehead atoms. The number of aromatic carboxylic acids is 1. The number of nitro benzene ring substituents is 2. The number of nitrogens with one attached hydrogen (secondary N) is 1. The molecule has 0 unspecified atom stereocenters. The van der Waals surface area contributed by atoms with Gasteiger partial charge < -0.3 is 15.5 Å².